The number of anilines is 2. The Kier molecular flexibility index (Phi) is 5.07. The molecule has 0 bridgehead atoms. The van der Waals surface area contributed by atoms with E-state index in [0.29, 0.717) is 22.8 Å². The lowest BCUT2D eigenvalue weighted by Gasteiger charge is -2.17. The van der Waals surface area contributed by atoms with Crippen LogP contribution in [0.1, 0.15) is 37.3 Å². The molecule has 0 spiro atoms. The molecule has 0 fully saturated rings. The van der Waals surface area contributed by atoms with E-state index in [4.69, 9.17) is 0 Å². The maximum Gasteiger partial charge on any atom is 0.261 e. The van der Waals surface area contributed by atoms with Crippen molar-refractivity contribution in [1.29, 1.82) is 0 Å². The highest BCUT2D eigenvalue weighted by atomic mass is 32.2. The van der Waals surface area contributed by atoms with Crippen LogP contribution in [-0.2, 0) is 27.7 Å². The summed E-state index contributed by atoms with van der Waals surface area (Å²) in [4.78, 5) is 16.2. The van der Waals surface area contributed by atoms with Gasteiger partial charge < -0.3 is 5.32 Å². The molecular formula is C20H21N3O3S2. The topological polar surface area (TPSA) is 88.2 Å². The Morgan fingerprint density at radius 2 is 1.89 bits per heavy atom. The number of nitrogens with zero attached hydrogens (tertiary/aromatic N) is 1. The van der Waals surface area contributed by atoms with Gasteiger partial charge in [0, 0.05) is 6.42 Å². The van der Waals surface area contributed by atoms with Crippen LogP contribution in [0.15, 0.2) is 41.3 Å². The van der Waals surface area contributed by atoms with Crippen LogP contribution in [0, 0.1) is 0 Å². The molecule has 8 heteroatoms. The Bertz CT molecular complexity index is 1150. The second-order valence-corrected chi connectivity index (χ2v) is 9.56. The highest BCUT2D eigenvalue weighted by Crippen LogP contribution is 2.30. The van der Waals surface area contributed by atoms with E-state index in [0.717, 1.165) is 35.9 Å². The Hall–Kier alpha value is -2.45. The van der Waals surface area contributed by atoms with Crippen molar-refractivity contribution in [2.24, 2.45) is 0 Å². The molecule has 0 saturated heterocycles. The van der Waals surface area contributed by atoms with Crippen LogP contribution in [0.4, 0.5) is 10.8 Å². The normalized spacial score (nSPS) is 13.9. The number of aromatic nitrogens is 1. The van der Waals surface area contributed by atoms with Gasteiger partial charge in [-0.15, -0.1) is 0 Å². The van der Waals surface area contributed by atoms with Crippen molar-refractivity contribution < 1.29 is 13.2 Å². The standard InChI is InChI=1S/C20H21N3O3S2/c1-2-19(24)22-20-21-17-10-8-15(12-18(17)27-20)23-28(25,26)16-9-7-13-5-3-4-6-14(13)11-16/h7-12,23H,2-6H2,1H3,(H,21,22,24). The minimum Gasteiger partial charge on any atom is -0.302 e. The highest BCUT2D eigenvalue weighted by Gasteiger charge is 2.18. The summed E-state index contributed by atoms with van der Waals surface area (Å²) >= 11 is 1.32. The molecule has 3 aromatic rings. The van der Waals surface area contributed by atoms with Gasteiger partial charge in [0.25, 0.3) is 10.0 Å². The van der Waals surface area contributed by atoms with Crippen LogP contribution in [0.25, 0.3) is 10.2 Å². The third-order valence-electron chi connectivity index (χ3n) is 4.84. The lowest BCUT2D eigenvalue weighted by molar-refractivity contribution is -0.115. The molecule has 1 aliphatic carbocycles. The highest BCUT2D eigenvalue weighted by molar-refractivity contribution is 7.92. The monoisotopic (exact) mass is 415 g/mol. The zero-order valence-corrected chi connectivity index (χ0v) is 17.1. The number of aryl methyl sites for hydroxylation is 2. The van der Waals surface area contributed by atoms with Crippen molar-refractivity contribution in [3.05, 3.63) is 47.5 Å². The maximum atomic E-state index is 12.8. The first-order valence-electron chi connectivity index (χ1n) is 9.30. The van der Waals surface area contributed by atoms with Crippen molar-refractivity contribution in [3.8, 4) is 0 Å². The summed E-state index contributed by atoms with van der Waals surface area (Å²) in [7, 11) is -3.67. The quantitative estimate of drug-likeness (QED) is 0.649. The number of hydrogen-bond donors (Lipinski definition) is 2. The average Bonchev–Trinajstić information content (AvgIpc) is 3.08. The Balaban J connectivity index is 1.59. The number of carbonyl (C=O) groups excluding carboxylic acids is 1. The van der Waals surface area contributed by atoms with Gasteiger partial charge in [0.1, 0.15) is 0 Å². The van der Waals surface area contributed by atoms with E-state index in [1.165, 1.54) is 16.9 Å². The summed E-state index contributed by atoms with van der Waals surface area (Å²) < 4.78 is 29.1. The largest absolute Gasteiger partial charge is 0.302 e. The van der Waals surface area contributed by atoms with Crippen molar-refractivity contribution in [2.75, 3.05) is 10.0 Å². The number of sulfonamides is 1. The summed E-state index contributed by atoms with van der Waals surface area (Å²) in [6, 6.07) is 10.6. The van der Waals surface area contributed by atoms with Gasteiger partial charge >= 0.3 is 0 Å². The molecule has 28 heavy (non-hydrogen) atoms. The lowest BCUT2D eigenvalue weighted by Crippen LogP contribution is -2.14. The van der Waals surface area contributed by atoms with Crippen LogP contribution in [0.5, 0.6) is 0 Å². The molecule has 6 nitrogen and oxygen atoms in total. The predicted octanol–water partition coefficient (Wildman–Crippen LogP) is 4.32. The summed E-state index contributed by atoms with van der Waals surface area (Å²) in [6.07, 6.45) is 4.58. The molecule has 2 N–H and O–H groups in total. The molecule has 1 heterocycles. The minimum absolute atomic E-state index is 0.104. The summed E-state index contributed by atoms with van der Waals surface area (Å²) in [5.41, 5.74) is 3.57. The number of carbonyl (C=O) groups is 1. The maximum absolute atomic E-state index is 12.8. The molecule has 0 unspecified atom stereocenters. The molecule has 1 aromatic heterocycles. The number of fused-ring (bicyclic) bond motifs is 2. The molecule has 0 atom stereocenters. The van der Waals surface area contributed by atoms with Crippen LogP contribution in [0.2, 0.25) is 0 Å². The molecule has 146 valence electrons. The average molecular weight is 416 g/mol. The zero-order chi connectivity index (χ0) is 19.7. The van der Waals surface area contributed by atoms with Crippen molar-refractivity contribution in [1.82, 2.24) is 4.98 Å². The Morgan fingerprint density at radius 3 is 2.68 bits per heavy atom. The number of thiazole rings is 1. The second-order valence-electron chi connectivity index (χ2n) is 6.85. The molecule has 2 aromatic carbocycles. The molecule has 1 aliphatic rings. The summed E-state index contributed by atoms with van der Waals surface area (Å²) in [6.45, 7) is 1.77. The fraction of sp³-hybridized carbons (Fsp3) is 0.300. The van der Waals surface area contributed by atoms with Gasteiger partial charge in [-0.05, 0) is 67.1 Å². The van der Waals surface area contributed by atoms with Gasteiger partial charge in [0.2, 0.25) is 5.91 Å². The fourth-order valence-electron chi connectivity index (χ4n) is 3.34. The second kappa shape index (κ2) is 7.52. The van der Waals surface area contributed by atoms with Gasteiger partial charge in [0.15, 0.2) is 5.13 Å². The van der Waals surface area contributed by atoms with Crippen LogP contribution >= 0.6 is 11.3 Å². The molecule has 0 saturated carbocycles. The molecule has 0 aliphatic heterocycles. The van der Waals surface area contributed by atoms with Crippen LogP contribution in [0.3, 0.4) is 0 Å². The van der Waals surface area contributed by atoms with Crippen molar-refractivity contribution in [2.45, 2.75) is 43.9 Å². The van der Waals surface area contributed by atoms with Gasteiger partial charge in [-0.2, -0.15) is 0 Å². The SMILES string of the molecule is CCC(=O)Nc1nc2ccc(NS(=O)(=O)c3ccc4c(c3)CCCC4)cc2s1. The van der Waals surface area contributed by atoms with E-state index in [1.807, 2.05) is 6.07 Å². The van der Waals surface area contributed by atoms with Crippen molar-refractivity contribution >= 4 is 48.3 Å². The van der Waals surface area contributed by atoms with Gasteiger partial charge in [-0.25, -0.2) is 13.4 Å². The van der Waals surface area contributed by atoms with E-state index in [2.05, 4.69) is 15.0 Å². The number of benzene rings is 2. The van der Waals surface area contributed by atoms with E-state index in [9.17, 15) is 13.2 Å². The van der Waals surface area contributed by atoms with Crippen molar-refractivity contribution in [3.63, 3.8) is 0 Å². The lowest BCUT2D eigenvalue weighted by atomic mass is 9.92. The molecular weight excluding hydrogens is 394 g/mol. The third kappa shape index (κ3) is 3.88. The number of nitrogens with one attached hydrogen (secondary N) is 2. The first kappa shape index (κ1) is 18.9. The van der Waals surface area contributed by atoms with Gasteiger partial charge in [0.05, 0.1) is 20.8 Å². The van der Waals surface area contributed by atoms with E-state index < -0.39 is 10.0 Å². The Labute approximate surface area is 168 Å². The van der Waals surface area contributed by atoms with E-state index in [-0.39, 0.29) is 10.8 Å². The van der Waals surface area contributed by atoms with Crippen LogP contribution < -0.4 is 10.0 Å². The third-order valence-corrected chi connectivity index (χ3v) is 7.15. The van der Waals surface area contributed by atoms with Gasteiger partial charge in [-0.3, -0.25) is 9.52 Å². The first-order valence-corrected chi connectivity index (χ1v) is 11.6. The number of hydrogen-bond acceptors (Lipinski definition) is 5. The van der Waals surface area contributed by atoms with E-state index in [1.54, 1.807) is 37.3 Å². The minimum atomic E-state index is -3.67. The Morgan fingerprint density at radius 1 is 1.11 bits per heavy atom. The van der Waals surface area contributed by atoms with Gasteiger partial charge in [-0.1, -0.05) is 24.3 Å². The fourth-order valence-corrected chi connectivity index (χ4v) is 5.36. The summed E-state index contributed by atoms with van der Waals surface area (Å²) in [5, 5.41) is 3.24. The molecule has 1 amide bonds. The number of amides is 1. The smallest absolute Gasteiger partial charge is 0.261 e. The van der Waals surface area contributed by atoms with Crippen LogP contribution in [-0.4, -0.2) is 19.3 Å². The molecule has 0 radical (unpaired) electrons. The zero-order valence-electron chi connectivity index (χ0n) is 15.5. The number of rotatable bonds is 5. The molecule has 4 rings (SSSR count). The predicted molar refractivity (Wildman–Crippen MR) is 112 cm³/mol. The summed E-state index contributed by atoms with van der Waals surface area (Å²) in [5.74, 6) is -0.104. The first-order chi connectivity index (χ1) is 13.4. The van der Waals surface area contributed by atoms with E-state index >= 15 is 0 Å².